The van der Waals surface area contributed by atoms with E-state index in [0.717, 1.165) is 15.0 Å². The van der Waals surface area contributed by atoms with Crippen LogP contribution in [0.2, 0.25) is 0 Å². The fourth-order valence-electron chi connectivity index (χ4n) is 2.03. The molecule has 9 nitrogen and oxygen atoms in total. The molecule has 11 heteroatoms. The first kappa shape index (κ1) is 20.5. The van der Waals surface area contributed by atoms with Gasteiger partial charge in [-0.3, -0.25) is 19.2 Å². The maximum atomic E-state index is 12.0. The number of carbonyl (C=O) groups is 1. The zero-order chi connectivity index (χ0) is 20.0. The molecule has 0 unspecified atom stereocenters. The first-order chi connectivity index (χ1) is 12.7. The fraction of sp³-hybridized carbons (Fsp3) is 0.125. The van der Waals surface area contributed by atoms with Crippen LogP contribution in [0.4, 0.5) is 11.4 Å². The Morgan fingerprint density at radius 3 is 2.33 bits per heavy atom. The summed E-state index contributed by atoms with van der Waals surface area (Å²) in [5, 5.41) is 14.3. The van der Waals surface area contributed by atoms with Crippen LogP contribution in [-0.2, 0) is 14.8 Å². The number of rotatable bonds is 7. The molecule has 0 aliphatic rings. The highest BCUT2D eigenvalue weighted by atomic mass is 79.9. The Labute approximate surface area is 164 Å². The van der Waals surface area contributed by atoms with Gasteiger partial charge >= 0.3 is 0 Å². The van der Waals surface area contributed by atoms with Crippen molar-refractivity contribution in [3.05, 3.63) is 68.7 Å². The Morgan fingerprint density at radius 1 is 1.22 bits per heavy atom. The van der Waals surface area contributed by atoms with Crippen molar-refractivity contribution in [3.63, 3.8) is 0 Å². The van der Waals surface area contributed by atoms with E-state index in [0.29, 0.717) is 11.3 Å². The van der Waals surface area contributed by atoms with Gasteiger partial charge in [-0.15, -0.1) is 0 Å². The number of non-ortho nitro benzene ring substituents is 1. The fourth-order valence-corrected chi connectivity index (χ4v) is 3.15. The van der Waals surface area contributed by atoms with Gasteiger partial charge in [0.1, 0.15) is 6.54 Å². The lowest BCUT2D eigenvalue weighted by Gasteiger charge is -2.21. The highest BCUT2D eigenvalue weighted by Gasteiger charge is 2.20. The number of sulfonamides is 1. The first-order valence-electron chi connectivity index (χ1n) is 7.46. The molecule has 0 heterocycles. The van der Waals surface area contributed by atoms with Crippen molar-refractivity contribution in [1.29, 1.82) is 0 Å². The SMILES string of the molecule is CS(=O)(=O)N(CC(=O)N/N=C\c1ccc([N+](=O)[O-])cc1)c1ccc(Br)cc1. The first-order valence-corrected chi connectivity index (χ1v) is 10.1. The predicted octanol–water partition coefficient (Wildman–Crippen LogP) is 2.27. The minimum atomic E-state index is -3.67. The number of benzene rings is 2. The van der Waals surface area contributed by atoms with Crippen LogP contribution >= 0.6 is 15.9 Å². The largest absolute Gasteiger partial charge is 0.271 e. The second-order valence-corrected chi connectivity index (χ2v) is 8.21. The van der Waals surface area contributed by atoms with E-state index in [2.05, 4.69) is 26.5 Å². The summed E-state index contributed by atoms with van der Waals surface area (Å²) in [6, 6.07) is 12.0. The summed E-state index contributed by atoms with van der Waals surface area (Å²) in [5.74, 6) is -0.637. The van der Waals surface area contributed by atoms with Gasteiger partial charge in [-0.1, -0.05) is 15.9 Å². The lowest BCUT2D eigenvalue weighted by atomic mass is 10.2. The predicted molar refractivity (Wildman–Crippen MR) is 105 cm³/mol. The highest BCUT2D eigenvalue weighted by molar-refractivity contribution is 9.10. The number of nitrogens with zero attached hydrogens (tertiary/aromatic N) is 3. The van der Waals surface area contributed by atoms with Crippen LogP contribution in [0.15, 0.2) is 58.1 Å². The molecule has 0 aromatic heterocycles. The molecular formula is C16H15BrN4O5S. The second-order valence-electron chi connectivity index (χ2n) is 5.39. The Balaban J connectivity index is 2.03. The average molecular weight is 455 g/mol. The third kappa shape index (κ3) is 6.15. The van der Waals surface area contributed by atoms with Gasteiger partial charge in [-0.05, 0) is 42.0 Å². The molecule has 27 heavy (non-hydrogen) atoms. The lowest BCUT2D eigenvalue weighted by Crippen LogP contribution is -2.38. The maximum absolute atomic E-state index is 12.0. The molecule has 0 spiro atoms. The number of carbonyl (C=O) groups excluding carboxylic acids is 1. The zero-order valence-electron chi connectivity index (χ0n) is 14.1. The Kier molecular flexibility index (Phi) is 6.64. The quantitative estimate of drug-likeness (QED) is 0.390. The molecule has 0 aliphatic heterocycles. The van der Waals surface area contributed by atoms with E-state index >= 15 is 0 Å². The molecule has 0 atom stereocenters. The molecule has 0 radical (unpaired) electrons. The van der Waals surface area contributed by atoms with Crippen molar-refractivity contribution in [1.82, 2.24) is 5.43 Å². The smallest absolute Gasteiger partial charge is 0.269 e. The number of hydrogen-bond acceptors (Lipinski definition) is 6. The number of nitro benzene ring substituents is 1. The lowest BCUT2D eigenvalue weighted by molar-refractivity contribution is -0.384. The van der Waals surface area contributed by atoms with E-state index in [-0.39, 0.29) is 5.69 Å². The van der Waals surface area contributed by atoms with Gasteiger partial charge in [-0.25, -0.2) is 13.8 Å². The van der Waals surface area contributed by atoms with Gasteiger partial charge < -0.3 is 0 Å². The highest BCUT2D eigenvalue weighted by Crippen LogP contribution is 2.20. The maximum Gasteiger partial charge on any atom is 0.269 e. The van der Waals surface area contributed by atoms with Crippen LogP contribution in [0.1, 0.15) is 5.56 Å². The van der Waals surface area contributed by atoms with E-state index in [4.69, 9.17) is 0 Å². The van der Waals surface area contributed by atoms with Crippen molar-refractivity contribution < 1.29 is 18.1 Å². The zero-order valence-corrected chi connectivity index (χ0v) is 16.5. The summed E-state index contributed by atoms with van der Waals surface area (Å²) in [7, 11) is -3.67. The van der Waals surface area contributed by atoms with Crippen molar-refractivity contribution >= 4 is 49.4 Å². The molecule has 0 fully saturated rings. The number of anilines is 1. The van der Waals surface area contributed by atoms with Gasteiger partial charge in [0.2, 0.25) is 10.0 Å². The summed E-state index contributed by atoms with van der Waals surface area (Å²) in [6.45, 7) is -0.446. The van der Waals surface area contributed by atoms with Gasteiger partial charge in [0.25, 0.3) is 11.6 Å². The Morgan fingerprint density at radius 2 is 1.81 bits per heavy atom. The number of nitro groups is 1. The van der Waals surface area contributed by atoms with Crippen LogP contribution in [0.3, 0.4) is 0 Å². The second kappa shape index (κ2) is 8.73. The molecule has 2 aromatic rings. The van der Waals surface area contributed by atoms with E-state index in [9.17, 15) is 23.3 Å². The van der Waals surface area contributed by atoms with E-state index in [1.807, 2.05) is 0 Å². The Hall–Kier alpha value is -2.79. The van der Waals surface area contributed by atoms with Crippen LogP contribution in [0, 0.1) is 10.1 Å². The van der Waals surface area contributed by atoms with Crippen molar-refractivity contribution in [3.8, 4) is 0 Å². The van der Waals surface area contributed by atoms with E-state index < -0.39 is 27.4 Å². The molecule has 0 saturated heterocycles. The molecule has 1 amide bonds. The van der Waals surface area contributed by atoms with Crippen molar-refractivity contribution in [2.75, 3.05) is 17.1 Å². The summed E-state index contributed by atoms with van der Waals surface area (Å²) in [4.78, 5) is 22.1. The number of amides is 1. The number of halogens is 1. The van der Waals surface area contributed by atoms with Gasteiger partial charge in [0.15, 0.2) is 0 Å². The molecule has 2 rings (SSSR count). The van der Waals surface area contributed by atoms with Crippen LogP contribution in [0.5, 0.6) is 0 Å². The molecule has 142 valence electrons. The average Bonchev–Trinajstić information content (AvgIpc) is 2.60. The third-order valence-electron chi connectivity index (χ3n) is 3.31. The topological polar surface area (TPSA) is 122 Å². The van der Waals surface area contributed by atoms with Gasteiger partial charge in [0.05, 0.1) is 23.1 Å². The minimum Gasteiger partial charge on any atom is -0.271 e. The number of hydrazone groups is 1. The normalized spacial score (nSPS) is 11.3. The van der Waals surface area contributed by atoms with Crippen molar-refractivity contribution in [2.45, 2.75) is 0 Å². The molecule has 1 N–H and O–H groups in total. The summed E-state index contributed by atoms with van der Waals surface area (Å²) >= 11 is 3.26. The molecule has 0 aliphatic carbocycles. The third-order valence-corrected chi connectivity index (χ3v) is 4.98. The van der Waals surface area contributed by atoms with Crippen molar-refractivity contribution in [2.24, 2.45) is 5.10 Å². The summed E-state index contributed by atoms with van der Waals surface area (Å²) in [6.07, 6.45) is 2.30. The molecule has 0 bridgehead atoms. The van der Waals surface area contributed by atoms with E-state index in [1.165, 1.54) is 30.5 Å². The van der Waals surface area contributed by atoms with E-state index in [1.54, 1.807) is 24.3 Å². The van der Waals surface area contributed by atoms with Gasteiger partial charge in [-0.2, -0.15) is 5.10 Å². The number of hydrogen-bond donors (Lipinski definition) is 1. The minimum absolute atomic E-state index is 0.0607. The van der Waals surface area contributed by atoms with Crippen LogP contribution in [0.25, 0.3) is 0 Å². The Bertz CT molecular complexity index is 959. The standard InChI is InChI=1S/C16H15BrN4O5S/c1-27(25,26)20(14-8-4-13(17)5-9-14)11-16(22)19-18-10-12-2-6-15(7-3-12)21(23)24/h2-10H,11H2,1H3,(H,19,22)/b18-10-. The molecular weight excluding hydrogens is 440 g/mol. The van der Waals surface area contributed by atoms with Crippen LogP contribution < -0.4 is 9.73 Å². The monoisotopic (exact) mass is 454 g/mol. The summed E-state index contributed by atoms with van der Waals surface area (Å²) in [5.41, 5.74) is 3.05. The van der Waals surface area contributed by atoms with Crippen LogP contribution in [-0.4, -0.2) is 38.3 Å². The van der Waals surface area contributed by atoms with Gasteiger partial charge in [0, 0.05) is 16.6 Å². The molecule has 2 aromatic carbocycles. The molecule has 0 saturated carbocycles. The summed E-state index contributed by atoms with van der Waals surface area (Å²) < 4.78 is 25.7. The number of nitrogens with one attached hydrogen (secondary N) is 1.